The van der Waals surface area contributed by atoms with E-state index in [1.54, 1.807) is 25.2 Å². The summed E-state index contributed by atoms with van der Waals surface area (Å²) >= 11 is 0. The molecule has 3 N–H and O–H groups in total. The molecular weight excluding hydrogens is 320 g/mol. The molecule has 0 saturated carbocycles. The summed E-state index contributed by atoms with van der Waals surface area (Å²) in [5.74, 6) is -0.448. The Balaban J connectivity index is 2.30. The second-order valence-corrected chi connectivity index (χ2v) is 7.89. The van der Waals surface area contributed by atoms with Crippen LogP contribution in [0.25, 0.3) is 0 Å². The van der Waals surface area contributed by atoms with Crippen LogP contribution in [0.2, 0.25) is 0 Å². The zero-order chi connectivity index (χ0) is 18.8. The van der Waals surface area contributed by atoms with Crippen molar-refractivity contribution < 1.29 is 24.9 Å². The van der Waals surface area contributed by atoms with Crippen molar-refractivity contribution in [1.82, 2.24) is 0 Å². The molecule has 0 fully saturated rings. The van der Waals surface area contributed by atoms with Gasteiger partial charge in [-0.05, 0) is 50.2 Å². The van der Waals surface area contributed by atoms with Gasteiger partial charge in [-0.2, -0.15) is 0 Å². The zero-order valence-corrected chi connectivity index (χ0v) is 15.4. The van der Waals surface area contributed by atoms with Gasteiger partial charge in [0.1, 0.15) is 6.10 Å². The van der Waals surface area contributed by atoms with Gasteiger partial charge in [-0.1, -0.05) is 32.6 Å². The van der Waals surface area contributed by atoms with Crippen LogP contribution in [0.5, 0.6) is 0 Å². The summed E-state index contributed by atoms with van der Waals surface area (Å²) in [5, 5.41) is 31.7. The summed E-state index contributed by atoms with van der Waals surface area (Å²) in [6, 6.07) is 0. The molecule has 4 atom stereocenters. The zero-order valence-electron chi connectivity index (χ0n) is 15.4. The Morgan fingerprint density at radius 2 is 1.96 bits per heavy atom. The van der Waals surface area contributed by atoms with Crippen LogP contribution in [-0.2, 0) is 9.53 Å². The molecule has 1 aliphatic heterocycles. The quantitative estimate of drug-likeness (QED) is 0.499. The first kappa shape index (κ1) is 19.9. The monoisotopic (exact) mass is 350 g/mol. The van der Waals surface area contributed by atoms with Crippen LogP contribution in [0.3, 0.4) is 0 Å². The van der Waals surface area contributed by atoms with Gasteiger partial charge < -0.3 is 20.1 Å². The molecule has 0 aromatic carbocycles. The molecule has 2 rings (SSSR count). The number of rotatable bonds is 1. The molecule has 140 valence electrons. The summed E-state index contributed by atoms with van der Waals surface area (Å²) in [4.78, 5) is 12.0. The van der Waals surface area contributed by atoms with Gasteiger partial charge in [-0.3, -0.25) is 0 Å². The highest BCUT2D eigenvalue weighted by Gasteiger charge is 2.33. The highest BCUT2D eigenvalue weighted by atomic mass is 16.5. The SMILES string of the molecule is C=C1C[C@H]2C=C(CC[C@@](O)(C(C)C)C=C[C@](C)(O)CC[C@H]1O)C(=O)O2. The molecule has 2 bridgehead atoms. The Morgan fingerprint density at radius 1 is 1.28 bits per heavy atom. The second kappa shape index (κ2) is 7.44. The fraction of sp³-hybridized carbons (Fsp3) is 0.650. The van der Waals surface area contributed by atoms with Gasteiger partial charge in [0.25, 0.3) is 0 Å². The Kier molecular flexibility index (Phi) is 5.92. The fourth-order valence-corrected chi connectivity index (χ4v) is 3.16. The van der Waals surface area contributed by atoms with Gasteiger partial charge in [0.15, 0.2) is 0 Å². The van der Waals surface area contributed by atoms with E-state index in [0.717, 1.165) is 0 Å². The average molecular weight is 350 g/mol. The van der Waals surface area contributed by atoms with E-state index >= 15 is 0 Å². The lowest BCUT2D eigenvalue weighted by Crippen LogP contribution is -2.34. The molecule has 0 amide bonds. The molecule has 1 aliphatic carbocycles. The lowest BCUT2D eigenvalue weighted by atomic mass is 9.82. The predicted molar refractivity (Wildman–Crippen MR) is 95.7 cm³/mol. The first-order chi connectivity index (χ1) is 11.5. The predicted octanol–water partition coefficient (Wildman–Crippen LogP) is 2.41. The number of aliphatic hydroxyl groups excluding tert-OH is 1. The molecule has 0 unspecified atom stereocenters. The van der Waals surface area contributed by atoms with Crippen molar-refractivity contribution in [2.75, 3.05) is 0 Å². The van der Waals surface area contributed by atoms with E-state index in [4.69, 9.17) is 4.74 Å². The second-order valence-electron chi connectivity index (χ2n) is 7.89. The van der Waals surface area contributed by atoms with E-state index in [1.165, 1.54) is 0 Å². The van der Waals surface area contributed by atoms with E-state index in [0.29, 0.717) is 43.3 Å². The van der Waals surface area contributed by atoms with Gasteiger partial charge in [-0.25, -0.2) is 4.79 Å². The smallest absolute Gasteiger partial charge is 0.334 e. The van der Waals surface area contributed by atoms with Crippen LogP contribution >= 0.6 is 0 Å². The molecule has 0 aromatic heterocycles. The minimum Gasteiger partial charge on any atom is -0.454 e. The van der Waals surface area contributed by atoms with Crippen molar-refractivity contribution in [3.05, 3.63) is 36.0 Å². The van der Waals surface area contributed by atoms with E-state index < -0.39 is 23.4 Å². The first-order valence-corrected chi connectivity index (χ1v) is 8.95. The maximum atomic E-state index is 12.0. The van der Waals surface area contributed by atoms with Crippen LogP contribution in [-0.4, -0.2) is 44.7 Å². The maximum Gasteiger partial charge on any atom is 0.334 e. The lowest BCUT2D eigenvalue weighted by molar-refractivity contribution is -0.139. The van der Waals surface area contributed by atoms with E-state index in [2.05, 4.69) is 6.58 Å². The summed E-state index contributed by atoms with van der Waals surface area (Å²) in [6.45, 7) is 9.35. The van der Waals surface area contributed by atoms with E-state index in [9.17, 15) is 20.1 Å². The summed E-state index contributed by atoms with van der Waals surface area (Å²) in [6.07, 6.45) is 5.60. The third-order valence-electron chi connectivity index (χ3n) is 5.29. The highest BCUT2D eigenvalue weighted by molar-refractivity contribution is 5.90. The standard InChI is InChI=1S/C20H30O5/c1-13(2)20(24)8-5-15-12-16(25-18(15)22)11-14(3)17(21)6-7-19(4,23)9-10-20/h9-10,12-13,16-17,21,23-24H,3,5-8,11H2,1-2,4H3/t16-,17+,19+,20-/m0/s1. The van der Waals surface area contributed by atoms with E-state index in [-0.39, 0.29) is 11.9 Å². The molecule has 1 heterocycles. The molecule has 5 heteroatoms. The van der Waals surface area contributed by atoms with Crippen LogP contribution < -0.4 is 0 Å². The number of aliphatic hydroxyl groups is 3. The number of hydrogen-bond acceptors (Lipinski definition) is 5. The molecule has 5 nitrogen and oxygen atoms in total. The number of hydrogen-bond donors (Lipinski definition) is 3. The third kappa shape index (κ3) is 5.03. The first-order valence-electron chi connectivity index (χ1n) is 8.95. The minimum absolute atomic E-state index is 0.0772. The largest absolute Gasteiger partial charge is 0.454 e. The molecule has 0 radical (unpaired) electrons. The Bertz CT molecular complexity index is 587. The topological polar surface area (TPSA) is 87.0 Å². The van der Waals surface area contributed by atoms with E-state index in [1.807, 2.05) is 13.8 Å². The fourth-order valence-electron chi connectivity index (χ4n) is 3.16. The van der Waals surface area contributed by atoms with Crippen molar-refractivity contribution >= 4 is 5.97 Å². The van der Waals surface area contributed by atoms with Gasteiger partial charge in [0.05, 0.1) is 17.3 Å². The number of fused-ring (bicyclic) bond motifs is 1. The van der Waals surface area contributed by atoms with Gasteiger partial charge in [0, 0.05) is 12.0 Å². The third-order valence-corrected chi connectivity index (χ3v) is 5.29. The van der Waals surface area contributed by atoms with Gasteiger partial charge >= 0.3 is 5.97 Å². The van der Waals surface area contributed by atoms with Gasteiger partial charge in [0.2, 0.25) is 0 Å². The number of carbonyl (C=O) groups excluding carboxylic acids is 1. The van der Waals surface area contributed by atoms with Crippen molar-refractivity contribution in [3.63, 3.8) is 0 Å². The Hall–Kier alpha value is -1.43. The van der Waals surface area contributed by atoms with Crippen molar-refractivity contribution in [2.45, 2.75) is 76.3 Å². The number of esters is 1. The molecule has 0 saturated heterocycles. The summed E-state index contributed by atoms with van der Waals surface area (Å²) < 4.78 is 5.34. The highest BCUT2D eigenvalue weighted by Crippen LogP contribution is 2.32. The van der Waals surface area contributed by atoms with Crippen LogP contribution in [0, 0.1) is 5.92 Å². The Morgan fingerprint density at radius 3 is 2.60 bits per heavy atom. The molecular formula is C20H30O5. The minimum atomic E-state index is -1.14. The van der Waals surface area contributed by atoms with Crippen LogP contribution in [0.15, 0.2) is 36.0 Å². The molecule has 0 aromatic rings. The molecule has 25 heavy (non-hydrogen) atoms. The van der Waals surface area contributed by atoms with Crippen molar-refractivity contribution in [3.8, 4) is 0 Å². The number of ether oxygens (including phenoxy) is 1. The Labute approximate surface area is 149 Å². The van der Waals surface area contributed by atoms with Crippen molar-refractivity contribution in [1.29, 1.82) is 0 Å². The van der Waals surface area contributed by atoms with Crippen LogP contribution in [0.1, 0.15) is 52.9 Å². The number of carbonyl (C=O) groups is 1. The lowest BCUT2D eigenvalue weighted by Gasteiger charge is -2.31. The van der Waals surface area contributed by atoms with Crippen molar-refractivity contribution in [2.24, 2.45) is 5.92 Å². The summed E-state index contributed by atoms with van der Waals surface area (Å²) in [5.41, 5.74) is -1.14. The molecule has 0 spiro atoms. The normalized spacial score (nSPS) is 37.6. The summed E-state index contributed by atoms with van der Waals surface area (Å²) in [7, 11) is 0. The average Bonchev–Trinajstić information content (AvgIpc) is 2.87. The van der Waals surface area contributed by atoms with Gasteiger partial charge in [-0.15, -0.1) is 0 Å². The van der Waals surface area contributed by atoms with Crippen LogP contribution in [0.4, 0.5) is 0 Å². The maximum absolute atomic E-state index is 12.0. The molecule has 2 aliphatic rings.